The Hall–Kier alpha value is -1.13. The Balaban J connectivity index is 1.71. The summed E-state index contributed by atoms with van der Waals surface area (Å²) in [5, 5.41) is 0.659. The highest BCUT2D eigenvalue weighted by atomic mass is 32.1. The number of anilines is 1. The van der Waals surface area contributed by atoms with Gasteiger partial charge in [0.1, 0.15) is 0 Å². The quantitative estimate of drug-likeness (QED) is 0.912. The molecule has 0 aliphatic carbocycles. The molecule has 0 saturated carbocycles. The van der Waals surface area contributed by atoms with Crippen molar-refractivity contribution in [3.8, 4) is 0 Å². The van der Waals surface area contributed by atoms with Gasteiger partial charge in [-0.2, -0.15) is 0 Å². The number of thiazole rings is 1. The molecule has 2 aromatic rings. The number of rotatable bonds is 2. The van der Waals surface area contributed by atoms with E-state index in [0.717, 1.165) is 12.1 Å². The van der Waals surface area contributed by atoms with Gasteiger partial charge in [-0.25, -0.2) is 4.98 Å². The standard InChI is InChI=1S/C15H21N3S/c1-15(2)5-7-18(8-6-15)10-11-3-4-12-13(9-11)19-14(16)17-12/h3-4,9H,5-8,10H2,1-2H3,(H2,16,17). The van der Waals surface area contributed by atoms with E-state index in [0.29, 0.717) is 10.5 Å². The fourth-order valence-electron chi connectivity index (χ4n) is 2.66. The molecule has 0 atom stereocenters. The highest BCUT2D eigenvalue weighted by Gasteiger charge is 2.25. The molecule has 3 nitrogen and oxygen atoms in total. The zero-order valence-corrected chi connectivity index (χ0v) is 12.5. The Labute approximate surface area is 118 Å². The van der Waals surface area contributed by atoms with E-state index in [1.54, 1.807) is 11.3 Å². The zero-order chi connectivity index (χ0) is 13.5. The van der Waals surface area contributed by atoms with Crippen LogP contribution in [0.2, 0.25) is 0 Å². The number of benzene rings is 1. The molecule has 3 rings (SSSR count). The summed E-state index contributed by atoms with van der Waals surface area (Å²) >= 11 is 1.58. The molecule has 1 aromatic heterocycles. The average Bonchev–Trinajstić information content (AvgIpc) is 2.71. The number of piperidine rings is 1. The van der Waals surface area contributed by atoms with Crippen molar-refractivity contribution >= 4 is 26.7 Å². The van der Waals surface area contributed by atoms with Crippen LogP contribution in [-0.4, -0.2) is 23.0 Å². The lowest BCUT2D eigenvalue weighted by Gasteiger charge is -2.36. The second-order valence-corrected chi connectivity index (χ2v) is 7.36. The van der Waals surface area contributed by atoms with E-state index in [-0.39, 0.29) is 0 Å². The van der Waals surface area contributed by atoms with Crippen LogP contribution in [0.25, 0.3) is 10.2 Å². The average molecular weight is 275 g/mol. The minimum Gasteiger partial charge on any atom is -0.375 e. The zero-order valence-electron chi connectivity index (χ0n) is 11.6. The Kier molecular flexibility index (Phi) is 3.23. The van der Waals surface area contributed by atoms with Gasteiger partial charge in [0.2, 0.25) is 0 Å². The highest BCUT2D eigenvalue weighted by Crippen LogP contribution is 2.31. The molecule has 1 aliphatic rings. The molecule has 102 valence electrons. The summed E-state index contributed by atoms with van der Waals surface area (Å²) in [6, 6.07) is 6.51. The van der Waals surface area contributed by atoms with Crippen molar-refractivity contribution in [1.29, 1.82) is 0 Å². The first kappa shape index (κ1) is 12.9. The molecule has 0 unspecified atom stereocenters. The van der Waals surface area contributed by atoms with Gasteiger partial charge in [0.25, 0.3) is 0 Å². The van der Waals surface area contributed by atoms with Gasteiger partial charge in [0.05, 0.1) is 10.2 Å². The van der Waals surface area contributed by atoms with E-state index in [4.69, 9.17) is 5.73 Å². The third-order valence-corrected chi connectivity index (χ3v) is 4.93. The van der Waals surface area contributed by atoms with E-state index in [9.17, 15) is 0 Å². The molecule has 1 saturated heterocycles. The van der Waals surface area contributed by atoms with Crippen molar-refractivity contribution in [2.24, 2.45) is 5.41 Å². The summed E-state index contributed by atoms with van der Waals surface area (Å²) in [5.41, 5.74) is 8.66. The van der Waals surface area contributed by atoms with Gasteiger partial charge in [-0.05, 0) is 49.0 Å². The maximum atomic E-state index is 5.75. The molecule has 1 aromatic carbocycles. The van der Waals surface area contributed by atoms with Crippen LogP contribution in [0.3, 0.4) is 0 Å². The summed E-state index contributed by atoms with van der Waals surface area (Å²) in [4.78, 5) is 6.86. The largest absolute Gasteiger partial charge is 0.375 e. The first-order valence-corrected chi connectivity index (χ1v) is 7.71. The monoisotopic (exact) mass is 275 g/mol. The molecule has 0 amide bonds. The smallest absolute Gasteiger partial charge is 0.181 e. The topological polar surface area (TPSA) is 42.2 Å². The van der Waals surface area contributed by atoms with Gasteiger partial charge < -0.3 is 5.73 Å². The van der Waals surface area contributed by atoms with Crippen LogP contribution in [0.4, 0.5) is 5.13 Å². The van der Waals surface area contributed by atoms with Crippen LogP contribution >= 0.6 is 11.3 Å². The normalized spacial score (nSPS) is 19.9. The van der Waals surface area contributed by atoms with Crippen molar-refractivity contribution in [2.75, 3.05) is 18.8 Å². The summed E-state index contributed by atoms with van der Waals surface area (Å²) in [6.45, 7) is 8.20. The Morgan fingerprint density at radius 1 is 1.32 bits per heavy atom. The third-order valence-electron chi connectivity index (χ3n) is 4.09. The minimum atomic E-state index is 0.520. The van der Waals surface area contributed by atoms with Gasteiger partial charge in [-0.1, -0.05) is 31.3 Å². The minimum absolute atomic E-state index is 0.520. The molecule has 2 heterocycles. The van der Waals surface area contributed by atoms with Gasteiger partial charge in [0.15, 0.2) is 5.13 Å². The number of hydrogen-bond donors (Lipinski definition) is 1. The number of nitrogen functional groups attached to an aromatic ring is 1. The van der Waals surface area contributed by atoms with Crippen molar-refractivity contribution in [3.05, 3.63) is 23.8 Å². The van der Waals surface area contributed by atoms with Crippen LogP contribution in [0.1, 0.15) is 32.3 Å². The number of hydrogen-bond acceptors (Lipinski definition) is 4. The van der Waals surface area contributed by atoms with Crippen molar-refractivity contribution in [1.82, 2.24) is 9.88 Å². The molecule has 0 bridgehead atoms. The van der Waals surface area contributed by atoms with E-state index >= 15 is 0 Å². The van der Waals surface area contributed by atoms with Crippen molar-refractivity contribution < 1.29 is 0 Å². The van der Waals surface area contributed by atoms with E-state index < -0.39 is 0 Å². The summed E-state index contributed by atoms with van der Waals surface area (Å²) < 4.78 is 1.20. The van der Waals surface area contributed by atoms with E-state index in [2.05, 4.69) is 41.9 Å². The van der Waals surface area contributed by atoms with Gasteiger partial charge in [-0.15, -0.1) is 0 Å². The van der Waals surface area contributed by atoms with Gasteiger partial charge in [0, 0.05) is 6.54 Å². The Morgan fingerprint density at radius 3 is 2.79 bits per heavy atom. The molecule has 1 aliphatic heterocycles. The SMILES string of the molecule is CC1(C)CCN(Cc2ccc3nc(N)sc3c2)CC1. The molecule has 0 spiro atoms. The lowest BCUT2D eigenvalue weighted by Crippen LogP contribution is -2.36. The second kappa shape index (κ2) is 4.76. The molecular formula is C15H21N3S. The molecular weight excluding hydrogens is 254 g/mol. The van der Waals surface area contributed by atoms with Crippen LogP contribution in [-0.2, 0) is 6.54 Å². The lowest BCUT2D eigenvalue weighted by atomic mass is 9.82. The summed E-state index contributed by atoms with van der Waals surface area (Å²) in [5.74, 6) is 0. The van der Waals surface area contributed by atoms with E-state index in [1.165, 1.54) is 36.2 Å². The van der Waals surface area contributed by atoms with Crippen molar-refractivity contribution in [3.63, 3.8) is 0 Å². The number of nitrogens with zero attached hydrogens (tertiary/aromatic N) is 2. The second-order valence-electron chi connectivity index (χ2n) is 6.29. The predicted molar refractivity (Wildman–Crippen MR) is 82.3 cm³/mol. The third kappa shape index (κ3) is 2.90. The molecule has 0 radical (unpaired) electrons. The van der Waals surface area contributed by atoms with Crippen molar-refractivity contribution in [2.45, 2.75) is 33.2 Å². The molecule has 19 heavy (non-hydrogen) atoms. The first-order chi connectivity index (χ1) is 9.02. The molecule has 2 N–H and O–H groups in total. The number of likely N-dealkylation sites (tertiary alicyclic amines) is 1. The first-order valence-electron chi connectivity index (χ1n) is 6.89. The van der Waals surface area contributed by atoms with E-state index in [1.807, 2.05) is 0 Å². The number of aromatic nitrogens is 1. The van der Waals surface area contributed by atoms with Crippen LogP contribution < -0.4 is 5.73 Å². The maximum absolute atomic E-state index is 5.75. The lowest BCUT2D eigenvalue weighted by molar-refractivity contribution is 0.127. The predicted octanol–water partition coefficient (Wildman–Crippen LogP) is 3.50. The number of nitrogens with two attached hydrogens (primary N) is 1. The van der Waals surface area contributed by atoms with Gasteiger partial charge in [-0.3, -0.25) is 4.90 Å². The molecule has 4 heteroatoms. The molecule has 1 fully saturated rings. The summed E-state index contributed by atoms with van der Waals surface area (Å²) in [6.07, 6.45) is 2.59. The fourth-order valence-corrected chi connectivity index (χ4v) is 3.46. The fraction of sp³-hybridized carbons (Fsp3) is 0.533. The highest BCUT2D eigenvalue weighted by molar-refractivity contribution is 7.22. The van der Waals surface area contributed by atoms with Crippen LogP contribution in [0.15, 0.2) is 18.2 Å². The number of fused-ring (bicyclic) bond motifs is 1. The van der Waals surface area contributed by atoms with Gasteiger partial charge >= 0.3 is 0 Å². The van der Waals surface area contributed by atoms with Crippen LogP contribution in [0.5, 0.6) is 0 Å². The maximum Gasteiger partial charge on any atom is 0.181 e. The summed E-state index contributed by atoms with van der Waals surface area (Å²) in [7, 11) is 0. The Morgan fingerprint density at radius 2 is 2.05 bits per heavy atom. The Bertz CT molecular complexity index is 578. The van der Waals surface area contributed by atoms with Crippen LogP contribution in [0, 0.1) is 5.41 Å².